The van der Waals surface area contributed by atoms with E-state index in [1.165, 1.54) is 15.9 Å². The van der Waals surface area contributed by atoms with Crippen molar-refractivity contribution >= 4 is 27.5 Å². The Hall–Kier alpha value is -2.67. The molecule has 0 fully saturated rings. The first-order chi connectivity index (χ1) is 13.7. The van der Waals surface area contributed by atoms with Crippen LogP contribution in [0.25, 0.3) is 10.2 Å². The third-order valence-corrected chi connectivity index (χ3v) is 6.23. The van der Waals surface area contributed by atoms with E-state index in [1.807, 2.05) is 38.1 Å². The van der Waals surface area contributed by atoms with Crippen molar-refractivity contribution in [1.29, 1.82) is 0 Å². The number of nitrogens with zero attached hydrogens (tertiary/aromatic N) is 2. The molecule has 0 saturated heterocycles. The van der Waals surface area contributed by atoms with Crippen LogP contribution in [-0.2, 0) is 21.5 Å². The minimum Gasteiger partial charge on any atom is -0.497 e. The van der Waals surface area contributed by atoms with Gasteiger partial charge in [-0.3, -0.25) is 9.36 Å². The fourth-order valence-electron chi connectivity index (χ4n) is 3.36. The zero-order chi connectivity index (χ0) is 21.3. The third kappa shape index (κ3) is 3.79. The number of thiophene rings is 1. The van der Waals surface area contributed by atoms with Gasteiger partial charge in [-0.25, -0.2) is 9.78 Å². The van der Waals surface area contributed by atoms with Crippen LogP contribution >= 0.6 is 11.3 Å². The van der Waals surface area contributed by atoms with Gasteiger partial charge in [-0.1, -0.05) is 12.1 Å². The Kier molecular flexibility index (Phi) is 5.80. The van der Waals surface area contributed by atoms with Gasteiger partial charge in [-0.15, -0.1) is 11.3 Å². The minimum absolute atomic E-state index is 0.210. The van der Waals surface area contributed by atoms with Gasteiger partial charge < -0.3 is 9.47 Å². The highest BCUT2D eigenvalue weighted by Crippen LogP contribution is 2.29. The van der Waals surface area contributed by atoms with Crippen LogP contribution in [0, 0.1) is 13.8 Å². The Morgan fingerprint density at radius 1 is 1.21 bits per heavy atom. The first-order valence-electron chi connectivity index (χ1n) is 9.53. The molecule has 0 unspecified atom stereocenters. The van der Waals surface area contributed by atoms with Gasteiger partial charge in [0.1, 0.15) is 21.9 Å². The number of benzene rings is 1. The smallest absolute Gasteiger partial charge is 0.331 e. The number of carbonyl (C=O) groups excluding carboxylic acids is 1. The molecule has 0 saturated carbocycles. The predicted octanol–water partition coefficient (Wildman–Crippen LogP) is 3.97. The van der Waals surface area contributed by atoms with Gasteiger partial charge in [0, 0.05) is 11.3 Å². The van der Waals surface area contributed by atoms with E-state index in [-0.39, 0.29) is 12.2 Å². The van der Waals surface area contributed by atoms with E-state index in [2.05, 4.69) is 0 Å². The SMILES string of the molecule is CCOC(=O)C(C)(C)n1c(Cc2ccc(OC)cc2)nc2sc(C)c(C)c2c1=O. The number of esters is 1. The van der Waals surface area contributed by atoms with E-state index in [0.29, 0.717) is 22.5 Å². The van der Waals surface area contributed by atoms with Crippen molar-refractivity contribution in [3.05, 3.63) is 56.4 Å². The first kappa shape index (κ1) is 21.0. The van der Waals surface area contributed by atoms with Crippen molar-refractivity contribution < 1.29 is 14.3 Å². The Morgan fingerprint density at radius 3 is 2.45 bits per heavy atom. The highest BCUT2D eigenvalue weighted by atomic mass is 32.1. The number of methoxy groups -OCH3 is 1. The van der Waals surface area contributed by atoms with Crippen LogP contribution in [0.2, 0.25) is 0 Å². The van der Waals surface area contributed by atoms with Gasteiger partial charge in [0.05, 0.1) is 19.1 Å². The van der Waals surface area contributed by atoms with E-state index >= 15 is 0 Å². The van der Waals surface area contributed by atoms with Gasteiger partial charge >= 0.3 is 5.97 Å². The third-order valence-electron chi connectivity index (χ3n) is 5.13. The maximum atomic E-state index is 13.5. The van der Waals surface area contributed by atoms with Gasteiger partial charge in [0.2, 0.25) is 0 Å². The molecule has 0 radical (unpaired) electrons. The molecule has 7 heteroatoms. The number of aryl methyl sites for hydroxylation is 2. The molecule has 1 aromatic carbocycles. The zero-order valence-corrected chi connectivity index (χ0v) is 18.5. The average Bonchev–Trinajstić information content (AvgIpc) is 2.96. The van der Waals surface area contributed by atoms with Crippen LogP contribution in [-0.4, -0.2) is 29.2 Å². The van der Waals surface area contributed by atoms with Crippen molar-refractivity contribution in [2.45, 2.75) is 46.6 Å². The summed E-state index contributed by atoms with van der Waals surface area (Å²) in [6.07, 6.45) is 0.411. The lowest BCUT2D eigenvalue weighted by molar-refractivity contribution is -0.152. The molecule has 0 amide bonds. The molecule has 0 aliphatic heterocycles. The summed E-state index contributed by atoms with van der Waals surface area (Å²) in [5.74, 6) is 0.835. The maximum absolute atomic E-state index is 13.5. The number of hydrogen-bond donors (Lipinski definition) is 0. The molecule has 0 bridgehead atoms. The Labute approximate surface area is 174 Å². The molecule has 6 nitrogen and oxygen atoms in total. The van der Waals surface area contributed by atoms with Crippen molar-refractivity contribution in [2.24, 2.45) is 0 Å². The zero-order valence-electron chi connectivity index (χ0n) is 17.7. The molecule has 0 spiro atoms. The lowest BCUT2D eigenvalue weighted by Crippen LogP contribution is -2.46. The lowest BCUT2D eigenvalue weighted by atomic mass is 10.0. The highest BCUT2D eigenvalue weighted by Gasteiger charge is 2.35. The largest absolute Gasteiger partial charge is 0.497 e. The summed E-state index contributed by atoms with van der Waals surface area (Å²) < 4.78 is 12.0. The molecular weight excluding hydrogens is 388 g/mol. The molecule has 2 aromatic heterocycles. The second-order valence-electron chi connectivity index (χ2n) is 7.44. The van der Waals surface area contributed by atoms with Crippen LogP contribution in [0.4, 0.5) is 0 Å². The maximum Gasteiger partial charge on any atom is 0.331 e. The van der Waals surface area contributed by atoms with Crippen molar-refractivity contribution in [1.82, 2.24) is 9.55 Å². The molecule has 3 rings (SSSR count). The van der Waals surface area contributed by atoms with Gasteiger partial charge in [-0.2, -0.15) is 0 Å². The van der Waals surface area contributed by atoms with Crippen LogP contribution < -0.4 is 10.3 Å². The minimum atomic E-state index is -1.18. The number of hydrogen-bond acceptors (Lipinski definition) is 6. The lowest BCUT2D eigenvalue weighted by Gasteiger charge is -2.27. The van der Waals surface area contributed by atoms with Crippen LogP contribution in [0.3, 0.4) is 0 Å². The van der Waals surface area contributed by atoms with Crippen molar-refractivity contribution in [3.8, 4) is 5.75 Å². The molecule has 0 atom stereocenters. The number of fused-ring (bicyclic) bond motifs is 1. The Balaban J connectivity index is 2.23. The van der Waals surface area contributed by atoms with E-state index in [1.54, 1.807) is 27.9 Å². The highest BCUT2D eigenvalue weighted by molar-refractivity contribution is 7.18. The van der Waals surface area contributed by atoms with Crippen LogP contribution in [0.1, 0.15) is 42.6 Å². The van der Waals surface area contributed by atoms with E-state index in [9.17, 15) is 9.59 Å². The fraction of sp³-hybridized carbons (Fsp3) is 0.409. The summed E-state index contributed by atoms with van der Waals surface area (Å²) >= 11 is 1.50. The molecule has 0 N–H and O–H groups in total. The summed E-state index contributed by atoms with van der Waals surface area (Å²) in [7, 11) is 1.62. The Morgan fingerprint density at radius 2 is 1.86 bits per heavy atom. The van der Waals surface area contributed by atoms with Crippen LogP contribution in [0.5, 0.6) is 5.75 Å². The van der Waals surface area contributed by atoms with Gasteiger partial charge in [0.25, 0.3) is 5.56 Å². The summed E-state index contributed by atoms with van der Waals surface area (Å²) in [4.78, 5) is 32.8. The second kappa shape index (κ2) is 7.99. The first-order valence-corrected chi connectivity index (χ1v) is 10.3. The molecule has 2 heterocycles. The summed E-state index contributed by atoms with van der Waals surface area (Å²) in [6.45, 7) is 9.30. The quantitative estimate of drug-likeness (QED) is 0.571. The number of rotatable bonds is 6. The van der Waals surface area contributed by atoms with Gasteiger partial charge in [0.15, 0.2) is 0 Å². The van der Waals surface area contributed by atoms with Crippen molar-refractivity contribution in [3.63, 3.8) is 0 Å². The monoisotopic (exact) mass is 414 g/mol. The summed E-state index contributed by atoms with van der Waals surface area (Å²) in [6, 6.07) is 7.60. The van der Waals surface area contributed by atoms with E-state index < -0.39 is 11.5 Å². The van der Waals surface area contributed by atoms with Crippen LogP contribution in [0.15, 0.2) is 29.1 Å². The normalized spacial score (nSPS) is 11.7. The van der Waals surface area contributed by atoms with Gasteiger partial charge in [-0.05, 0) is 57.9 Å². The summed E-state index contributed by atoms with van der Waals surface area (Å²) in [5, 5.41) is 0.573. The fourth-order valence-corrected chi connectivity index (χ4v) is 4.39. The molecular formula is C22H26N2O4S. The van der Waals surface area contributed by atoms with Crippen molar-refractivity contribution in [2.75, 3.05) is 13.7 Å². The number of ether oxygens (including phenoxy) is 2. The molecule has 29 heavy (non-hydrogen) atoms. The summed E-state index contributed by atoms with van der Waals surface area (Å²) in [5.41, 5.74) is 0.485. The van der Waals surface area contributed by atoms with E-state index in [0.717, 1.165) is 21.8 Å². The standard InChI is InChI=1S/C22H26N2O4S/c1-7-28-21(26)22(4,5)24-17(12-15-8-10-16(27-6)11-9-15)23-19-18(20(24)25)13(2)14(3)29-19/h8-11H,7,12H2,1-6H3. The Bertz CT molecular complexity index is 1110. The molecule has 154 valence electrons. The number of aromatic nitrogens is 2. The average molecular weight is 415 g/mol. The topological polar surface area (TPSA) is 70.4 Å². The van der Waals surface area contributed by atoms with E-state index in [4.69, 9.17) is 14.5 Å². The molecule has 0 aliphatic carbocycles. The number of carbonyl (C=O) groups is 1. The molecule has 0 aliphatic rings. The second-order valence-corrected chi connectivity index (χ2v) is 8.64. The predicted molar refractivity (Wildman–Crippen MR) is 115 cm³/mol. The molecule has 3 aromatic rings.